The summed E-state index contributed by atoms with van der Waals surface area (Å²) in [6.07, 6.45) is 7.12. The zero-order valence-corrected chi connectivity index (χ0v) is 11.2. The van der Waals surface area contributed by atoms with Crippen molar-refractivity contribution in [3.05, 3.63) is 28.5 Å². The van der Waals surface area contributed by atoms with Crippen LogP contribution in [0.25, 0.3) is 6.08 Å². The molecule has 1 aliphatic heterocycles. The molecular weight excluding hydrogens is 230 g/mol. The quantitative estimate of drug-likeness (QED) is 0.734. The summed E-state index contributed by atoms with van der Waals surface area (Å²) in [6, 6.07) is 4.77. The van der Waals surface area contributed by atoms with Crippen LogP contribution in [-0.4, -0.2) is 22.9 Å². The minimum atomic E-state index is 0.151. The van der Waals surface area contributed by atoms with E-state index in [-0.39, 0.29) is 5.91 Å². The molecule has 1 aliphatic rings. The highest BCUT2D eigenvalue weighted by Crippen LogP contribution is 2.23. The molecule has 0 spiro atoms. The Labute approximate surface area is 107 Å². The van der Waals surface area contributed by atoms with Crippen molar-refractivity contribution in [1.82, 2.24) is 4.90 Å². The van der Waals surface area contributed by atoms with Crippen molar-refractivity contribution in [2.75, 3.05) is 0 Å². The van der Waals surface area contributed by atoms with Gasteiger partial charge in [0.1, 0.15) is 0 Å². The number of piperidine rings is 1. The lowest BCUT2D eigenvalue weighted by Gasteiger charge is -2.38. The second kappa shape index (κ2) is 5.50. The molecule has 0 aromatic carbocycles. The minimum Gasteiger partial charge on any atom is -0.334 e. The molecule has 92 valence electrons. The average Bonchev–Trinajstić information content (AvgIpc) is 2.79. The van der Waals surface area contributed by atoms with Crippen LogP contribution in [0.15, 0.2) is 23.6 Å². The molecule has 1 saturated heterocycles. The fourth-order valence-corrected chi connectivity index (χ4v) is 3.10. The van der Waals surface area contributed by atoms with Crippen LogP contribution in [0.2, 0.25) is 0 Å². The molecule has 0 radical (unpaired) electrons. The van der Waals surface area contributed by atoms with Gasteiger partial charge in [-0.25, -0.2) is 0 Å². The van der Waals surface area contributed by atoms with Gasteiger partial charge in [-0.15, -0.1) is 11.3 Å². The Kier molecular flexibility index (Phi) is 4.00. The van der Waals surface area contributed by atoms with Crippen LogP contribution >= 0.6 is 11.3 Å². The van der Waals surface area contributed by atoms with E-state index in [0.717, 1.165) is 17.7 Å². The fourth-order valence-electron chi connectivity index (χ4n) is 2.48. The number of thiophene rings is 1. The van der Waals surface area contributed by atoms with Crippen LogP contribution in [0, 0.1) is 0 Å². The van der Waals surface area contributed by atoms with Crippen LogP contribution in [-0.2, 0) is 4.79 Å². The van der Waals surface area contributed by atoms with Gasteiger partial charge >= 0.3 is 0 Å². The fraction of sp³-hybridized carbons (Fsp3) is 0.500. The SMILES string of the molecule is C[C@@H]1CCC[C@H](C)N1C(=O)/C=C/c1cccs1. The molecule has 0 N–H and O–H groups in total. The van der Waals surface area contributed by atoms with E-state index in [9.17, 15) is 4.79 Å². The number of amides is 1. The van der Waals surface area contributed by atoms with Gasteiger partial charge in [0.2, 0.25) is 5.91 Å². The lowest BCUT2D eigenvalue weighted by molar-refractivity contribution is -0.131. The van der Waals surface area contributed by atoms with Crippen LogP contribution in [0.1, 0.15) is 38.0 Å². The van der Waals surface area contributed by atoms with Crippen molar-refractivity contribution in [2.45, 2.75) is 45.2 Å². The van der Waals surface area contributed by atoms with Gasteiger partial charge in [-0.3, -0.25) is 4.79 Å². The monoisotopic (exact) mass is 249 g/mol. The van der Waals surface area contributed by atoms with E-state index in [2.05, 4.69) is 13.8 Å². The van der Waals surface area contributed by atoms with E-state index in [4.69, 9.17) is 0 Å². The van der Waals surface area contributed by atoms with E-state index in [1.54, 1.807) is 17.4 Å². The Balaban J connectivity index is 2.03. The van der Waals surface area contributed by atoms with Crippen LogP contribution in [0.5, 0.6) is 0 Å². The number of rotatable bonds is 2. The first kappa shape index (κ1) is 12.4. The van der Waals surface area contributed by atoms with Gasteiger partial charge in [0.05, 0.1) is 0 Å². The zero-order valence-electron chi connectivity index (χ0n) is 10.4. The molecule has 0 unspecified atom stereocenters. The summed E-state index contributed by atoms with van der Waals surface area (Å²) in [6.45, 7) is 4.29. The number of carbonyl (C=O) groups is 1. The van der Waals surface area contributed by atoms with Crippen molar-refractivity contribution in [3.63, 3.8) is 0 Å². The average molecular weight is 249 g/mol. The molecule has 2 rings (SSSR count). The van der Waals surface area contributed by atoms with Crippen molar-refractivity contribution < 1.29 is 4.79 Å². The van der Waals surface area contributed by atoms with Gasteiger partial charge in [0.15, 0.2) is 0 Å². The Bertz CT molecular complexity index is 386. The summed E-state index contributed by atoms with van der Waals surface area (Å²) < 4.78 is 0. The highest BCUT2D eigenvalue weighted by Gasteiger charge is 2.27. The number of hydrogen-bond acceptors (Lipinski definition) is 2. The maximum absolute atomic E-state index is 12.2. The van der Waals surface area contributed by atoms with Crippen LogP contribution < -0.4 is 0 Å². The highest BCUT2D eigenvalue weighted by molar-refractivity contribution is 7.10. The van der Waals surface area contributed by atoms with Gasteiger partial charge in [0, 0.05) is 23.0 Å². The maximum atomic E-state index is 12.2. The second-order valence-electron chi connectivity index (χ2n) is 4.72. The Morgan fingerprint density at radius 3 is 2.71 bits per heavy atom. The minimum absolute atomic E-state index is 0.151. The maximum Gasteiger partial charge on any atom is 0.247 e. The predicted molar refractivity (Wildman–Crippen MR) is 73.0 cm³/mol. The summed E-state index contributed by atoms with van der Waals surface area (Å²) in [5.41, 5.74) is 0. The van der Waals surface area contributed by atoms with E-state index < -0.39 is 0 Å². The van der Waals surface area contributed by atoms with Gasteiger partial charge in [-0.2, -0.15) is 0 Å². The third-order valence-corrected chi connectivity index (χ3v) is 4.22. The topological polar surface area (TPSA) is 20.3 Å². The van der Waals surface area contributed by atoms with E-state index in [0.29, 0.717) is 12.1 Å². The van der Waals surface area contributed by atoms with E-state index >= 15 is 0 Å². The molecule has 2 atom stereocenters. The van der Waals surface area contributed by atoms with Crippen LogP contribution in [0.4, 0.5) is 0 Å². The lowest BCUT2D eigenvalue weighted by atomic mass is 9.97. The van der Waals surface area contributed by atoms with Crippen molar-refractivity contribution in [3.8, 4) is 0 Å². The molecule has 0 bridgehead atoms. The molecule has 3 heteroatoms. The van der Waals surface area contributed by atoms with Crippen molar-refractivity contribution >= 4 is 23.3 Å². The summed E-state index contributed by atoms with van der Waals surface area (Å²) in [7, 11) is 0. The molecule has 17 heavy (non-hydrogen) atoms. The molecule has 1 aromatic rings. The highest BCUT2D eigenvalue weighted by atomic mass is 32.1. The lowest BCUT2D eigenvalue weighted by Crippen LogP contribution is -2.46. The second-order valence-corrected chi connectivity index (χ2v) is 5.70. The molecule has 0 aliphatic carbocycles. The summed E-state index contributed by atoms with van der Waals surface area (Å²) >= 11 is 1.66. The number of likely N-dealkylation sites (tertiary alicyclic amines) is 1. The number of carbonyl (C=O) groups excluding carboxylic acids is 1. The van der Waals surface area contributed by atoms with E-state index in [1.165, 1.54) is 6.42 Å². The van der Waals surface area contributed by atoms with Gasteiger partial charge in [-0.05, 0) is 50.6 Å². The Hall–Kier alpha value is -1.09. The smallest absolute Gasteiger partial charge is 0.247 e. The number of hydrogen-bond donors (Lipinski definition) is 0. The van der Waals surface area contributed by atoms with Crippen molar-refractivity contribution in [1.29, 1.82) is 0 Å². The van der Waals surface area contributed by atoms with Crippen molar-refractivity contribution in [2.24, 2.45) is 0 Å². The molecule has 1 amide bonds. The first-order valence-corrected chi connectivity index (χ1v) is 7.10. The zero-order chi connectivity index (χ0) is 12.3. The Morgan fingerprint density at radius 1 is 1.41 bits per heavy atom. The predicted octanol–water partition coefficient (Wildman–Crippen LogP) is 3.55. The van der Waals surface area contributed by atoms with Gasteiger partial charge < -0.3 is 4.90 Å². The number of nitrogens with zero attached hydrogens (tertiary/aromatic N) is 1. The third kappa shape index (κ3) is 2.97. The summed E-state index contributed by atoms with van der Waals surface area (Å²) in [5, 5.41) is 2.02. The van der Waals surface area contributed by atoms with Gasteiger partial charge in [0.25, 0.3) is 0 Å². The molecule has 1 fully saturated rings. The molecule has 0 saturated carbocycles. The van der Waals surface area contributed by atoms with Crippen LogP contribution in [0.3, 0.4) is 0 Å². The van der Waals surface area contributed by atoms with E-state index in [1.807, 2.05) is 28.5 Å². The first-order valence-electron chi connectivity index (χ1n) is 6.22. The normalized spacial score (nSPS) is 25.4. The molecule has 1 aromatic heterocycles. The largest absolute Gasteiger partial charge is 0.334 e. The Morgan fingerprint density at radius 2 is 2.12 bits per heavy atom. The molecule has 2 heterocycles. The molecule has 2 nitrogen and oxygen atoms in total. The summed E-state index contributed by atoms with van der Waals surface area (Å²) in [4.78, 5) is 15.3. The summed E-state index contributed by atoms with van der Waals surface area (Å²) in [5.74, 6) is 0.151. The standard InChI is InChI=1S/C14H19NOS/c1-11-5-3-6-12(2)15(11)14(16)9-8-13-7-4-10-17-13/h4,7-12H,3,5-6H2,1-2H3/b9-8+/t11-,12+. The first-order chi connectivity index (χ1) is 8.18. The van der Waals surface area contributed by atoms with Gasteiger partial charge in [-0.1, -0.05) is 6.07 Å². The third-order valence-electron chi connectivity index (χ3n) is 3.38. The molecular formula is C14H19NOS.